The number of hydrogen-bond donors (Lipinski definition) is 2. The summed E-state index contributed by atoms with van der Waals surface area (Å²) in [4.78, 5) is 15.6. The first-order valence-corrected chi connectivity index (χ1v) is 6.52. The van der Waals surface area contributed by atoms with E-state index in [0.717, 1.165) is 10.9 Å². The van der Waals surface area contributed by atoms with Crippen LogP contribution in [0.1, 0.15) is 15.2 Å². The molecule has 0 saturated heterocycles. The number of carbonyl (C=O) groups is 1. The van der Waals surface area contributed by atoms with E-state index in [2.05, 4.69) is 16.4 Å². The van der Waals surface area contributed by atoms with Gasteiger partial charge in [0.1, 0.15) is 6.07 Å². The van der Waals surface area contributed by atoms with Gasteiger partial charge >= 0.3 is 0 Å². The zero-order valence-electron chi connectivity index (χ0n) is 9.81. The maximum Gasteiger partial charge on any atom is 0.265 e. The van der Waals surface area contributed by atoms with Gasteiger partial charge in [-0.05, 0) is 29.6 Å². The Morgan fingerprint density at radius 3 is 3.00 bits per heavy atom. The molecule has 3 rings (SSSR count). The van der Waals surface area contributed by atoms with Crippen LogP contribution in [0.3, 0.4) is 0 Å². The minimum Gasteiger partial charge on any atom is -0.360 e. The van der Waals surface area contributed by atoms with Gasteiger partial charge in [-0.3, -0.25) is 4.79 Å². The van der Waals surface area contributed by atoms with E-state index < -0.39 is 0 Å². The lowest BCUT2D eigenvalue weighted by Gasteiger charge is -2.03. The quantitative estimate of drug-likeness (QED) is 0.747. The highest BCUT2D eigenvalue weighted by molar-refractivity contribution is 7.12. The molecule has 0 bridgehead atoms. The highest BCUT2D eigenvalue weighted by Crippen LogP contribution is 2.22. The van der Waals surface area contributed by atoms with Crippen LogP contribution in [0, 0.1) is 11.3 Å². The number of thiophene rings is 1. The van der Waals surface area contributed by atoms with Gasteiger partial charge in [0.2, 0.25) is 0 Å². The molecule has 1 amide bonds. The van der Waals surface area contributed by atoms with E-state index in [0.29, 0.717) is 16.1 Å². The van der Waals surface area contributed by atoms with Crippen LogP contribution in [-0.4, -0.2) is 10.9 Å². The molecule has 0 aliphatic carbocycles. The fourth-order valence-corrected chi connectivity index (χ4v) is 2.51. The van der Waals surface area contributed by atoms with Crippen molar-refractivity contribution in [3.63, 3.8) is 0 Å². The number of carbonyl (C=O) groups excluding carboxylic acids is 1. The molecule has 0 unspecified atom stereocenters. The predicted octanol–water partition coefficient (Wildman–Crippen LogP) is 3.35. The fourth-order valence-electron chi connectivity index (χ4n) is 1.89. The Hall–Kier alpha value is -2.58. The van der Waals surface area contributed by atoms with Crippen molar-refractivity contribution in [1.82, 2.24) is 4.98 Å². The maximum atomic E-state index is 11.9. The first kappa shape index (κ1) is 11.5. The number of benzene rings is 1. The van der Waals surface area contributed by atoms with E-state index in [-0.39, 0.29) is 5.91 Å². The maximum absolute atomic E-state index is 11.9. The molecule has 0 atom stereocenters. The number of nitrogens with zero attached hydrogens (tertiary/aromatic N) is 1. The topological polar surface area (TPSA) is 68.7 Å². The van der Waals surface area contributed by atoms with Gasteiger partial charge in [0, 0.05) is 22.8 Å². The lowest BCUT2D eigenvalue weighted by Crippen LogP contribution is -2.09. The molecule has 0 aliphatic rings. The standard InChI is InChI=1S/C14H9N3OS/c15-7-9-8-16-12-4-3-10(6-11(9)12)17-14(18)13-2-1-5-19-13/h1-6,8,16H,(H,17,18). The number of aromatic amines is 1. The Balaban J connectivity index is 1.93. The molecule has 92 valence electrons. The van der Waals surface area contributed by atoms with E-state index in [1.54, 1.807) is 18.3 Å². The molecule has 4 nitrogen and oxygen atoms in total. The van der Waals surface area contributed by atoms with Crippen LogP contribution in [0.2, 0.25) is 0 Å². The number of fused-ring (bicyclic) bond motifs is 1. The van der Waals surface area contributed by atoms with Crippen molar-refractivity contribution < 1.29 is 4.79 Å². The molecule has 2 N–H and O–H groups in total. The lowest BCUT2D eigenvalue weighted by atomic mass is 10.1. The smallest absolute Gasteiger partial charge is 0.265 e. The second-order valence-electron chi connectivity index (χ2n) is 4.01. The SMILES string of the molecule is N#Cc1c[nH]c2ccc(NC(=O)c3cccs3)cc12. The van der Waals surface area contributed by atoms with Gasteiger partial charge in [-0.25, -0.2) is 0 Å². The van der Waals surface area contributed by atoms with Crippen LogP contribution in [0.15, 0.2) is 41.9 Å². The number of anilines is 1. The second kappa shape index (κ2) is 4.59. The average molecular weight is 267 g/mol. The number of hydrogen-bond acceptors (Lipinski definition) is 3. The largest absolute Gasteiger partial charge is 0.360 e. The van der Waals surface area contributed by atoms with Crippen molar-refractivity contribution in [1.29, 1.82) is 5.26 Å². The Labute approximate surface area is 113 Å². The lowest BCUT2D eigenvalue weighted by molar-refractivity contribution is 0.103. The van der Waals surface area contributed by atoms with Crippen molar-refractivity contribution >= 4 is 33.8 Å². The summed E-state index contributed by atoms with van der Waals surface area (Å²) in [5, 5.41) is 14.5. The minimum absolute atomic E-state index is 0.136. The number of aromatic nitrogens is 1. The summed E-state index contributed by atoms with van der Waals surface area (Å²) >= 11 is 1.39. The first-order chi connectivity index (χ1) is 9.28. The molecule has 0 spiro atoms. The highest BCUT2D eigenvalue weighted by atomic mass is 32.1. The van der Waals surface area contributed by atoms with E-state index in [9.17, 15) is 4.79 Å². The second-order valence-corrected chi connectivity index (χ2v) is 4.95. The van der Waals surface area contributed by atoms with Crippen LogP contribution in [0.25, 0.3) is 10.9 Å². The van der Waals surface area contributed by atoms with Crippen molar-refractivity contribution in [2.24, 2.45) is 0 Å². The monoisotopic (exact) mass is 267 g/mol. The Bertz CT molecular complexity index is 781. The molecule has 1 aromatic carbocycles. The molecule has 0 saturated carbocycles. The van der Waals surface area contributed by atoms with Crippen LogP contribution >= 0.6 is 11.3 Å². The minimum atomic E-state index is -0.136. The molecular weight excluding hydrogens is 258 g/mol. The molecule has 2 heterocycles. The van der Waals surface area contributed by atoms with Gasteiger partial charge in [0.05, 0.1) is 10.4 Å². The van der Waals surface area contributed by atoms with Crippen molar-refractivity contribution in [2.45, 2.75) is 0 Å². The third-order valence-electron chi connectivity index (χ3n) is 2.81. The molecule has 2 aromatic heterocycles. The third kappa shape index (κ3) is 2.09. The molecule has 5 heteroatoms. The Kier molecular flexibility index (Phi) is 2.78. The normalized spacial score (nSPS) is 10.3. The fraction of sp³-hybridized carbons (Fsp3) is 0. The van der Waals surface area contributed by atoms with Crippen LogP contribution in [0.5, 0.6) is 0 Å². The number of rotatable bonds is 2. The zero-order chi connectivity index (χ0) is 13.2. The van der Waals surface area contributed by atoms with Crippen molar-refractivity contribution in [3.05, 3.63) is 52.3 Å². The highest BCUT2D eigenvalue weighted by Gasteiger charge is 2.08. The summed E-state index contributed by atoms with van der Waals surface area (Å²) in [7, 11) is 0. The molecule has 0 aliphatic heterocycles. The zero-order valence-corrected chi connectivity index (χ0v) is 10.6. The average Bonchev–Trinajstić information content (AvgIpc) is 3.07. The van der Waals surface area contributed by atoms with Gasteiger partial charge in [0.25, 0.3) is 5.91 Å². The van der Waals surface area contributed by atoms with Gasteiger partial charge < -0.3 is 10.3 Å². The van der Waals surface area contributed by atoms with Crippen LogP contribution in [0.4, 0.5) is 5.69 Å². The third-order valence-corrected chi connectivity index (χ3v) is 3.67. The molecule has 0 fully saturated rings. The summed E-state index contributed by atoms with van der Waals surface area (Å²) < 4.78 is 0. The summed E-state index contributed by atoms with van der Waals surface area (Å²) in [6.07, 6.45) is 1.66. The van der Waals surface area contributed by atoms with Gasteiger partial charge in [-0.1, -0.05) is 6.07 Å². The van der Waals surface area contributed by atoms with Gasteiger partial charge in [-0.2, -0.15) is 5.26 Å². The first-order valence-electron chi connectivity index (χ1n) is 5.64. The number of nitriles is 1. The summed E-state index contributed by atoms with van der Waals surface area (Å²) in [5.41, 5.74) is 2.13. The van der Waals surface area contributed by atoms with Crippen molar-refractivity contribution in [2.75, 3.05) is 5.32 Å². The number of H-pyrrole nitrogens is 1. The van der Waals surface area contributed by atoms with Gasteiger partial charge in [-0.15, -0.1) is 11.3 Å². The summed E-state index contributed by atoms with van der Waals surface area (Å²) in [5.74, 6) is -0.136. The van der Waals surface area contributed by atoms with E-state index >= 15 is 0 Å². The summed E-state index contributed by atoms with van der Waals surface area (Å²) in [6.45, 7) is 0. The van der Waals surface area contributed by atoms with Crippen LogP contribution in [-0.2, 0) is 0 Å². The predicted molar refractivity (Wildman–Crippen MR) is 75.3 cm³/mol. The molecule has 19 heavy (non-hydrogen) atoms. The number of amides is 1. The van der Waals surface area contributed by atoms with E-state index in [1.807, 2.05) is 23.6 Å². The Morgan fingerprint density at radius 2 is 2.26 bits per heavy atom. The molecular formula is C14H9N3OS. The summed E-state index contributed by atoms with van der Waals surface area (Å²) in [6, 6.07) is 11.2. The Morgan fingerprint density at radius 1 is 1.37 bits per heavy atom. The van der Waals surface area contributed by atoms with E-state index in [1.165, 1.54) is 11.3 Å². The van der Waals surface area contributed by atoms with E-state index in [4.69, 9.17) is 5.26 Å². The van der Waals surface area contributed by atoms with Crippen LogP contribution < -0.4 is 5.32 Å². The van der Waals surface area contributed by atoms with Crippen molar-refractivity contribution in [3.8, 4) is 6.07 Å². The number of nitrogens with one attached hydrogen (secondary N) is 2. The molecule has 0 radical (unpaired) electrons. The van der Waals surface area contributed by atoms with Gasteiger partial charge in [0.15, 0.2) is 0 Å². The molecule has 3 aromatic rings.